The molecule has 0 aliphatic carbocycles. The van der Waals surface area contributed by atoms with Crippen molar-refractivity contribution in [1.29, 1.82) is 0 Å². The molecule has 0 aromatic heterocycles. The zero-order chi connectivity index (χ0) is 23.4. The monoisotopic (exact) mass is 471 g/mol. The van der Waals surface area contributed by atoms with Crippen molar-refractivity contribution in [2.75, 3.05) is 31.5 Å². The van der Waals surface area contributed by atoms with Crippen LogP contribution in [0.4, 0.5) is 5.69 Å². The highest BCUT2D eigenvalue weighted by atomic mass is 32.2. The number of nitrogens with one attached hydrogen (secondary N) is 1. The molecule has 0 radical (unpaired) electrons. The van der Waals surface area contributed by atoms with Gasteiger partial charge in [0.25, 0.3) is 0 Å². The number of carbonyl (C=O) groups is 1. The van der Waals surface area contributed by atoms with Crippen LogP contribution in [-0.2, 0) is 19.6 Å². The van der Waals surface area contributed by atoms with Gasteiger partial charge in [0, 0.05) is 31.9 Å². The second kappa shape index (κ2) is 10.3. The normalized spacial score (nSPS) is 23.7. The van der Waals surface area contributed by atoms with Gasteiger partial charge in [-0.25, -0.2) is 8.42 Å². The highest BCUT2D eigenvalue weighted by molar-refractivity contribution is 7.89. The smallest absolute Gasteiger partial charge is 0.243 e. The van der Waals surface area contributed by atoms with Crippen molar-refractivity contribution in [1.82, 2.24) is 9.21 Å². The molecule has 3 atom stereocenters. The maximum absolute atomic E-state index is 13.0. The first-order chi connectivity index (χ1) is 15.8. The average molecular weight is 472 g/mol. The van der Waals surface area contributed by atoms with Crippen molar-refractivity contribution in [3.05, 3.63) is 60.2 Å². The molecule has 7 nitrogen and oxygen atoms in total. The highest BCUT2D eigenvalue weighted by Crippen LogP contribution is 2.27. The lowest BCUT2D eigenvalue weighted by molar-refractivity contribution is -0.128. The number of carbonyl (C=O) groups excluding carboxylic acids is 1. The van der Waals surface area contributed by atoms with E-state index in [0.717, 1.165) is 24.8 Å². The van der Waals surface area contributed by atoms with Gasteiger partial charge in [-0.15, -0.1) is 0 Å². The largest absolute Gasteiger partial charge is 0.368 e. The molecular weight excluding hydrogens is 438 g/mol. The number of ether oxygens (including phenoxy) is 1. The number of hydrogen-bond donors (Lipinski definition) is 1. The third kappa shape index (κ3) is 5.63. The molecule has 0 spiro atoms. The van der Waals surface area contributed by atoms with Gasteiger partial charge >= 0.3 is 0 Å². The number of rotatable bonds is 6. The summed E-state index contributed by atoms with van der Waals surface area (Å²) < 4.78 is 33.3. The average Bonchev–Trinajstić information content (AvgIpc) is 2.84. The van der Waals surface area contributed by atoms with E-state index >= 15 is 0 Å². The van der Waals surface area contributed by atoms with Gasteiger partial charge in [-0.05, 0) is 56.5 Å². The summed E-state index contributed by atoms with van der Waals surface area (Å²) in [5.74, 6) is -0.123. The molecule has 2 heterocycles. The van der Waals surface area contributed by atoms with Crippen molar-refractivity contribution in [2.24, 2.45) is 0 Å². The molecule has 2 saturated heterocycles. The standard InChI is InChI=1S/C25H33N3O4S/c1-19-17-27(18-24(32-19)21-9-5-3-6-10-21)20(2)25(29)26-22-11-13-23(14-12-22)33(30,31)28-15-7-4-8-16-28/h3,5-6,9-14,19-20,24H,4,7-8,15-18H2,1-2H3,(H,26,29). The van der Waals surface area contributed by atoms with E-state index in [9.17, 15) is 13.2 Å². The van der Waals surface area contributed by atoms with Gasteiger partial charge in [-0.1, -0.05) is 36.8 Å². The molecule has 2 aromatic carbocycles. The number of morpholine rings is 1. The summed E-state index contributed by atoms with van der Waals surface area (Å²) >= 11 is 0. The fourth-order valence-corrected chi connectivity index (χ4v) is 6.05. The number of piperidine rings is 1. The van der Waals surface area contributed by atoms with E-state index in [1.165, 1.54) is 0 Å². The molecule has 2 fully saturated rings. The maximum Gasteiger partial charge on any atom is 0.243 e. The van der Waals surface area contributed by atoms with Gasteiger partial charge in [0.15, 0.2) is 0 Å². The molecule has 0 bridgehead atoms. The van der Waals surface area contributed by atoms with Gasteiger partial charge in [0.2, 0.25) is 15.9 Å². The third-order valence-corrected chi connectivity index (χ3v) is 8.37. The Labute approximate surface area is 196 Å². The van der Waals surface area contributed by atoms with Crippen LogP contribution in [0.5, 0.6) is 0 Å². The van der Waals surface area contributed by atoms with Crippen molar-refractivity contribution < 1.29 is 17.9 Å². The number of anilines is 1. The first-order valence-electron chi connectivity index (χ1n) is 11.7. The van der Waals surface area contributed by atoms with Gasteiger partial charge < -0.3 is 10.1 Å². The zero-order valence-electron chi connectivity index (χ0n) is 19.3. The summed E-state index contributed by atoms with van der Waals surface area (Å²) in [7, 11) is -3.48. The predicted molar refractivity (Wildman–Crippen MR) is 128 cm³/mol. The van der Waals surface area contributed by atoms with Crippen molar-refractivity contribution >= 4 is 21.6 Å². The summed E-state index contributed by atoms with van der Waals surface area (Å²) in [5.41, 5.74) is 1.69. The molecule has 2 aliphatic heterocycles. The molecule has 8 heteroatoms. The molecule has 1 N–H and O–H groups in total. The van der Waals surface area contributed by atoms with Gasteiger partial charge in [-0.3, -0.25) is 9.69 Å². The van der Waals surface area contributed by atoms with Gasteiger partial charge in [0.05, 0.1) is 23.1 Å². The van der Waals surface area contributed by atoms with E-state index in [4.69, 9.17) is 4.74 Å². The minimum Gasteiger partial charge on any atom is -0.368 e. The van der Waals surface area contributed by atoms with Crippen molar-refractivity contribution in [2.45, 2.75) is 56.3 Å². The highest BCUT2D eigenvalue weighted by Gasteiger charge is 2.32. The third-order valence-electron chi connectivity index (χ3n) is 6.46. The predicted octanol–water partition coefficient (Wildman–Crippen LogP) is 3.65. The van der Waals surface area contributed by atoms with Gasteiger partial charge in [0.1, 0.15) is 0 Å². The Kier molecular flexibility index (Phi) is 7.48. The fourth-order valence-electron chi connectivity index (χ4n) is 4.53. The Morgan fingerprint density at radius 1 is 1.00 bits per heavy atom. The molecular formula is C25H33N3O4S. The number of hydrogen-bond acceptors (Lipinski definition) is 5. The summed E-state index contributed by atoms with van der Waals surface area (Å²) in [6.07, 6.45) is 2.80. The van der Waals surface area contributed by atoms with Crippen LogP contribution in [0.1, 0.15) is 44.8 Å². The lowest BCUT2D eigenvalue weighted by atomic mass is 10.1. The van der Waals surface area contributed by atoms with Crippen LogP contribution in [-0.4, -0.2) is 61.9 Å². The van der Waals surface area contributed by atoms with E-state index < -0.39 is 10.0 Å². The Hall–Kier alpha value is -2.26. The Morgan fingerprint density at radius 2 is 1.67 bits per heavy atom. The number of nitrogens with zero attached hydrogens (tertiary/aromatic N) is 2. The molecule has 3 unspecified atom stereocenters. The Morgan fingerprint density at radius 3 is 2.33 bits per heavy atom. The van der Waals surface area contributed by atoms with Crippen molar-refractivity contribution in [3.63, 3.8) is 0 Å². The van der Waals surface area contributed by atoms with Crippen molar-refractivity contribution in [3.8, 4) is 0 Å². The number of sulfonamides is 1. The van der Waals surface area contributed by atoms with Crippen LogP contribution in [0.2, 0.25) is 0 Å². The van der Waals surface area contributed by atoms with E-state index in [2.05, 4.69) is 10.2 Å². The Balaban J connectivity index is 1.39. The minimum atomic E-state index is -3.48. The second-order valence-electron chi connectivity index (χ2n) is 8.95. The summed E-state index contributed by atoms with van der Waals surface area (Å²) in [6, 6.07) is 16.2. The molecule has 33 heavy (non-hydrogen) atoms. The van der Waals surface area contributed by atoms with Crippen LogP contribution < -0.4 is 5.32 Å². The summed E-state index contributed by atoms with van der Waals surface area (Å²) in [5, 5.41) is 2.94. The summed E-state index contributed by atoms with van der Waals surface area (Å²) in [4.78, 5) is 15.4. The lowest BCUT2D eigenvalue weighted by Gasteiger charge is -2.39. The molecule has 1 amide bonds. The van der Waals surface area contributed by atoms with Crippen LogP contribution in [0.25, 0.3) is 0 Å². The first-order valence-corrected chi connectivity index (χ1v) is 13.1. The molecule has 2 aromatic rings. The topological polar surface area (TPSA) is 79.0 Å². The van der Waals surface area contributed by atoms with E-state index in [0.29, 0.717) is 31.9 Å². The van der Waals surface area contributed by atoms with E-state index in [1.807, 2.05) is 44.2 Å². The van der Waals surface area contributed by atoms with E-state index in [1.54, 1.807) is 28.6 Å². The first kappa shape index (κ1) is 23.9. The summed E-state index contributed by atoms with van der Waals surface area (Å²) in [6.45, 7) is 6.36. The lowest BCUT2D eigenvalue weighted by Crippen LogP contribution is -2.51. The molecule has 0 saturated carbocycles. The number of benzene rings is 2. The Bertz CT molecular complexity index is 1040. The van der Waals surface area contributed by atoms with Crippen LogP contribution in [0, 0.1) is 0 Å². The SMILES string of the molecule is CC1CN(C(C)C(=O)Nc2ccc(S(=O)(=O)N3CCCCC3)cc2)CC(c2ccccc2)O1. The van der Waals surface area contributed by atoms with Gasteiger partial charge in [-0.2, -0.15) is 4.31 Å². The van der Waals surface area contributed by atoms with Crippen LogP contribution in [0.3, 0.4) is 0 Å². The maximum atomic E-state index is 13.0. The molecule has 178 valence electrons. The quantitative estimate of drug-likeness (QED) is 0.696. The zero-order valence-corrected chi connectivity index (χ0v) is 20.1. The van der Waals surface area contributed by atoms with Crippen LogP contribution in [0.15, 0.2) is 59.5 Å². The number of amides is 1. The fraction of sp³-hybridized carbons (Fsp3) is 0.480. The minimum absolute atomic E-state index is 0.0125. The molecule has 2 aliphatic rings. The van der Waals surface area contributed by atoms with E-state index in [-0.39, 0.29) is 29.1 Å². The van der Waals surface area contributed by atoms with Crippen LogP contribution >= 0.6 is 0 Å². The molecule has 4 rings (SSSR count). The second-order valence-corrected chi connectivity index (χ2v) is 10.9.